The average Bonchev–Trinajstić information content (AvgIpc) is 2.12. The predicted molar refractivity (Wildman–Crippen MR) is 60.2 cm³/mol. The standard InChI is InChI=1S/C11H11BrO2/c1-8-9(4-2-6-10(8)12)5-3-7-11(13)14/h2-6H,7H2,1H3,(H,13,14). The van der Waals surface area contributed by atoms with E-state index in [1.807, 2.05) is 31.2 Å². The van der Waals surface area contributed by atoms with Gasteiger partial charge in [0.25, 0.3) is 0 Å². The lowest BCUT2D eigenvalue weighted by molar-refractivity contribution is -0.135. The molecule has 0 spiro atoms. The van der Waals surface area contributed by atoms with E-state index in [1.54, 1.807) is 6.08 Å². The first-order valence-corrected chi connectivity index (χ1v) is 5.04. The first-order valence-electron chi connectivity index (χ1n) is 4.24. The molecule has 0 aliphatic carbocycles. The van der Waals surface area contributed by atoms with E-state index in [4.69, 9.17) is 5.11 Å². The molecule has 0 aliphatic heterocycles. The van der Waals surface area contributed by atoms with Gasteiger partial charge in [-0.15, -0.1) is 0 Å². The number of aliphatic carboxylic acids is 1. The molecule has 0 radical (unpaired) electrons. The van der Waals surface area contributed by atoms with Crippen LogP contribution in [0.15, 0.2) is 28.7 Å². The van der Waals surface area contributed by atoms with Crippen molar-refractivity contribution in [2.45, 2.75) is 13.3 Å². The first kappa shape index (κ1) is 11.0. The molecule has 1 N–H and O–H groups in total. The van der Waals surface area contributed by atoms with Gasteiger partial charge in [0.15, 0.2) is 0 Å². The zero-order valence-electron chi connectivity index (χ0n) is 7.83. The lowest BCUT2D eigenvalue weighted by Gasteiger charge is -2.01. The number of hydrogen-bond donors (Lipinski definition) is 1. The number of carboxylic acid groups (broad SMARTS) is 1. The highest BCUT2D eigenvalue weighted by Gasteiger charge is 1.97. The normalized spacial score (nSPS) is 10.7. The number of carbonyl (C=O) groups is 1. The highest BCUT2D eigenvalue weighted by Crippen LogP contribution is 2.20. The van der Waals surface area contributed by atoms with Crippen LogP contribution in [0, 0.1) is 6.92 Å². The molecule has 0 aromatic heterocycles. The van der Waals surface area contributed by atoms with Crippen molar-refractivity contribution in [3.63, 3.8) is 0 Å². The van der Waals surface area contributed by atoms with Gasteiger partial charge in [-0.05, 0) is 24.1 Å². The molecule has 1 rings (SSSR count). The van der Waals surface area contributed by atoms with Crippen LogP contribution in [0.4, 0.5) is 0 Å². The Hall–Kier alpha value is -1.09. The van der Waals surface area contributed by atoms with Gasteiger partial charge in [0.1, 0.15) is 0 Å². The molecule has 0 unspecified atom stereocenters. The number of benzene rings is 1. The Labute approximate surface area is 91.4 Å². The minimum Gasteiger partial charge on any atom is -0.481 e. The van der Waals surface area contributed by atoms with E-state index in [1.165, 1.54) is 0 Å². The van der Waals surface area contributed by atoms with Gasteiger partial charge in [-0.2, -0.15) is 0 Å². The summed E-state index contributed by atoms with van der Waals surface area (Å²) in [7, 11) is 0. The number of carboxylic acids is 1. The van der Waals surface area contributed by atoms with Gasteiger partial charge in [-0.25, -0.2) is 0 Å². The number of hydrogen-bond acceptors (Lipinski definition) is 1. The van der Waals surface area contributed by atoms with E-state index < -0.39 is 5.97 Å². The van der Waals surface area contributed by atoms with Crippen LogP contribution in [0.1, 0.15) is 17.5 Å². The van der Waals surface area contributed by atoms with Crippen molar-refractivity contribution in [2.24, 2.45) is 0 Å². The van der Waals surface area contributed by atoms with Crippen LogP contribution in [0.3, 0.4) is 0 Å². The van der Waals surface area contributed by atoms with Crippen LogP contribution in [0.5, 0.6) is 0 Å². The minimum atomic E-state index is -0.811. The van der Waals surface area contributed by atoms with Crippen molar-refractivity contribution < 1.29 is 9.90 Å². The Bertz CT molecular complexity index is 370. The van der Waals surface area contributed by atoms with Crippen molar-refractivity contribution >= 4 is 28.0 Å². The predicted octanol–water partition coefficient (Wildman–Crippen LogP) is 3.25. The van der Waals surface area contributed by atoms with E-state index in [-0.39, 0.29) is 6.42 Å². The van der Waals surface area contributed by atoms with Gasteiger partial charge < -0.3 is 5.11 Å². The monoisotopic (exact) mass is 254 g/mol. The molecule has 74 valence electrons. The maximum absolute atomic E-state index is 10.3. The largest absolute Gasteiger partial charge is 0.481 e. The van der Waals surface area contributed by atoms with Crippen molar-refractivity contribution in [2.75, 3.05) is 0 Å². The molecule has 0 heterocycles. The summed E-state index contributed by atoms with van der Waals surface area (Å²) in [6.45, 7) is 1.99. The molecule has 0 bridgehead atoms. The van der Waals surface area contributed by atoms with Gasteiger partial charge in [0.05, 0.1) is 6.42 Å². The topological polar surface area (TPSA) is 37.3 Å². The van der Waals surface area contributed by atoms with Crippen LogP contribution in [0.25, 0.3) is 6.08 Å². The van der Waals surface area contributed by atoms with Crippen LogP contribution < -0.4 is 0 Å². The van der Waals surface area contributed by atoms with Gasteiger partial charge in [0, 0.05) is 4.47 Å². The third-order valence-corrected chi connectivity index (χ3v) is 2.76. The number of halogens is 1. The molecule has 3 heteroatoms. The van der Waals surface area contributed by atoms with E-state index in [0.717, 1.165) is 15.6 Å². The van der Waals surface area contributed by atoms with E-state index in [9.17, 15) is 4.79 Å². The molecule has 0 aliphatic rings. The average molecular weight is 255 g/mol. The van der Waals surface area contributed by atoms with E-state index in [0.29, 0.717) is 0 Å². The van der Waals surface area contributed by atoms with Crippen molar-refractivity contribution in [3.05, 3.63) is 39.9 Å². The summed E-state index contributed by atoms with van der Waals surface area (Å²) in [6, 6.07) is 5.85. The quantitative estimate of drug-likeness (QED) is 0.900. The highest BCUT2D eigenvalue weighted by atomic mass is 79.9. The van der Waals surface area contributed by atoms with E-state index in [2.05, 4.69) is 15.9 Å². The SMILES string of the molecule is Cc1c(Br)cccc1C=CCC(=O)O. The second-order valence-corrected chi connectivity index (χ2v) is 3.81. The van der Waals surface area contributed by atoms with Crippen molar-refractivity contribution in [1.29, 1.82) is 0 Å². The van der Waals surface area contributed by atoms with Crippen molar-refractivity contribution in [1.82, 2.24) is 0 Å². The molecule has 14 heavy (non-hydrogen) atoms. The molecule has 0 amide bonds. The first-order chi connectivity index (χ1) is 6.61. The van der Waals surface area contributed by atoms with Crippen LogP contribution in [-0.2, 0) is 4.79 Å². The maximum Gasteiger partial charge on any atom is 0.307 e. The molecule has 0 fully saturated rings. The smallest absolute Gasteiger partial charge is 0.307 e. The molecule has 1 aromatic rings. The second-order valence-electron chi connectivity index (χ2n) is 2.95. The lowest BCUT2D eigenvalue weighted by Crippen LogP contribution is -1.90. The summed E-state index contributed by atoms with van der Waals surface area (Å²) >= 11 is 3.42. The molecular weight excluding hydrogens is 244 g/mol. The Kier molecular flexibility index (Phi) is 3.89. The number of rotatable bonds is 3. The fourth-order valence-corrected chi connectivity index (χ4v) is 1.47. The second kappa shape index (κ2) is 4.96. The molecule has 0 saturated carbocycles. The van der Waals surface area contributed by atoms with Gasteiger partial charge in [-0.3, -0.25) is 4.79 Å². The fraction of sp³-hybridized carbons (Fsp3) is 0.182. The molecule has 2 nitrogen and oxygen atoms in total. The summed E-state index contributed by atoms with van der Waals surface area (Å²) in [5, 5.41) is 8.45. The summed E-state index contributed by atoms with van der Waals surface area (Å²) in [4.78, 5) is 10.3. The van der Waals surface area contributed by atoms with Crippen molar-refractivity contribution in [3.8, 4) is 0 Å². The maximum atomic E-state index is 10.3. The van der Waals surface area contributed by atoms with Gasteiger partial charge >= 0.3 is 5.97 Å². The van der Waals surface area contributed by atoms with Crippen LogP contribution >= 0.6 is 15.9 Å². The molecule has 1 aromatic carbocycles. The van der Waals surface area contributed by atoms with Crippen LogP contribution in [-0.4, -0.2) is 11.1 Å². The summed E-state index contributed by atoms with van der Waals surface area (Å²) in [6.07, 6.45) is 3.54. The zero-order valence-corrected chi connectivity index (χ0v) is 9.41. The minimum absolute atomic E-state index is 0.0615. The van der Waals surface area contributed by atoms with E-state index >= 15 is 0 Å². The molecule has 0 atom stereocenters. The molecular formula is C11H11BrO2. The Balaban J connectivity index is 2.81. The summed E-state index contributed by atoms with van der Waals surface area (Å²) < 4.78 is 1.04. The fourth-order valence-electron chi connectivity index (χ4n) is 1.09. The Morgan fingerprint density at radius 2 is 2.29 bits per heavy atom. The molecule has 0 saturated heterocycles. The van der Waals surface area contributed by atoms with Gasteiger partial charge in [-0.1, -0.05) is 40.2 Å². The van der Waals surface area contributed by atoms with Gasteiger partial charge in [0.2, 0.25) is 0 Å². The third kappa shape index (κ3) is 3.00. The Morgan fingerprint density at radius 3 is 2.93 bits per heavy atom. The lowest BCUT2D eigenvalue weighted by atomic mass is 10.1. The zero-order chi connectivity index (χ0) is 10.6. The van der Waals surface area contributed by atoms with Crippen LogP contribution in [0.2, 0.25) is 0 Å². The Morgan fingerprint density at radius 1 is 1.57 bits per heavy atom. The summed E-state index contributed by atoms with van der Waals surface area (Å²) in [5.74, 6) is -0.811. The third-order valence-electron chi connectivity index (χ3n) is 1.90. The highest BCUT2D eigenvalue weighted by molar-refractivity contribution is 9.10. The summed E-state index contributed by atoms with van der Waals surface area (Å²) in [5.41, 5.74) is 2.16.